The molecule has 2 heterocycles. The van der Waals surface area contributed by atoms with Crippen LogP contribution in [0.1, 0.15) is 12.2 Å². The van der Waals surface area contributed by atoms with Gasteiger partial charge in [0.05, 0.1) is 6.61 Å². The first-order chi connectivity index (χ1) is 6.27. The third-order valence-corrected chi connectivity index (χ3v) is 2.46. The largest absolute Gasteiger partial charge is 0.379 e. The Morgan fingerprint density at radius 1 is 1.69 bits per heavy atom. The first-order valence-electron chi connectivity index (χ1n) is 4.22. The minimum Gasteiger partial charge on any atom is -0.379 e. The molecule has 1 saturated heterocycles. The summed E-state index contributed by atoms with van der Waals surface area (Å²) in [6.07, 6.45) is 0.887. The lowest BCUT2D eigenvalue weighted by Gasteiger charge is -2.23. The molecule has 1 atom stereocenters. The molecule has 1 aliphatic rings. The van der Waals surface area contributed by atoms with Crippen molar-refractivity contribution in [2.75, 3.05) is 26.0 Å². The fourth-order valence-electron chi connectivity index (χ4n) is 1.56. The lowest BCUT2D eigenvalue weighted by atomic mass is 9.98. The third-order valence-electron chi connectivity index (χ3n) is 2.46. The maximum Gasteiger partial charge on any atom is 0.239 e. The van der Waals surface area contributed by atoms with E-state index in [1.807, 2.05) is 7.05 Å². The van der Waals surface area contributed by atoms with Gasteiger partial charge in [0, 0.05) is 6.61 Å². The van der Waals surface area contributed by atoms with Crippen LogP contribution in [0.2, 0.25) is 0 Å². The summed E-state index contributed by atoms with van der Waals surface area (Å²) < 4.78 is 5.32. The number of likely N-dealkylation sites (N-methyl/N-ethyl adjacent to an activating group) is 1. The van der Waals surface area contributed by atoms with Gasteiger partial charge in [-0.25, -0.2) is 0 Å². The van der Waals surface area contributed by atoms with E-state index >= 15 is 0 Å². The van der Waals surface area contributed by atoms with Crippen LogP contribution in [0, 0.1) is 0 Å². The number of ether oxygens (including phenoxy) is 1. The van der Waals surface area contributed by atoms with Gasteiger partial charge in [-0.1, -0.05) is 0 Å². The Morgan fingerprint density at radius 2 is 2.54 bits per heavy atom. The van der Waals surface area contributed by atoms with Crippen LogP contribution in [0.15, 0.2) is 0 Å². The first kappa shape index (κ1) is 8.46. The molecule has 0 radical (unpaired) electrons. The lowest BCUT2D eigenvalue weighted by Crippen LogP contribution is -2.41. The summed E-state index contributed by atoms with van der Waals surface area (Å²) in [4.78, 5) is 4.10. The molecule has 0 spiro atoms. The van der Waals surface area contributed by atoms with Gasteiger partial charge in [-0.15, -0.1) is 5.10 Å². The molecule has 1 aromatic heterocycles. The molecule has 0 aromatic carbocycles. The van der Waals surface area contributed by atoms with E-state index < -0.39 is 0 Å². The standard InChI is InChI=1S/C7H13N5O/c1-9-7(2-3-13-4-7)5-10-6(8)12-11-5/h9H,2-4H2,1H3,(H3,8,10,11,12). The second-order valence-electron chi connectivity index (χ2n) is 3.18. The smallest absolute Gasteiger partial charge is 0.239 e. The number of aromatic amines is 1. The number of hydrogen-bond donors (Lipinski definition) is 3. The number of nitrogen functional groups attached to an aromatic ring is 1. The van der Waals surface area contributed by atoms with E-state index in [2.05, 4.69) is 20.5 Å². The van der Waals surface area contributed by atoms with E-state index in [0.29, 0.717) is 6.61 Å². The quantitative estimate of drug-likeness (QED) is 0.560. The number of hydrogen-bond acceptors (Lipinski definition) is 5. The topological polar surface area (TPSA) is 88.9 Å². The zero-order chi connectivity index (χ0) is 9.31. The van der Waals surface area contributed by atoms with Crippen molar-refractivity contribution in [1.82, 2.24) is 20.5 Å². The van der Waals surface area contributed by atoms with Crippen LogP contribution < -0.4 is 11.1 Å². The van der Waals surface area contributed by atoms with Crippen LogP contribution in [0.5, 0.6) is 0 Å². The molecule has 6 nitrogen and oxygen atoms in total. The molecule has 0 saturated carbocycles. The minimum atomic E-state index is -0.232. The third kappa shape index (κ3) is 1.27. The zero-order valence-electron chi connectivity index (χ0n) is 7.50. The summed E-state index contributed by atoms with van der Waals surface area (Å²) in [6.45, 7) is 1.35. The van der Waals surface area contributed by atoms with Gasteiger partial charge in [-0.2, -0.15) is 4.98 Å². The van der Waals surface area contributed by atoms with Crippen LogP contribution in [-0.2, 0) is 10.3 Å². The van der Waals surface area contributed by atoms with Crippen LogP contribution in [0.25, 0.3) is 0 Å². The molecule has 1 unspecified atom stereocenters. The molecule has 4 N–H and O–H groups in total. The number of nitrogens with one attached hydrogen (secondary N) is 2. The van der Waals surface area contributed by atoms with E-state index in [1.54, 1.807) is 0 Å². The number of aromatic nitrogens is 3. The Morgan fingerprint density at radius 3 is 3.00 bits per heavy atom. The number of H-pyrrole nitrogens is 1. The number of anilines is 1. The maximum absolute atomic E-state index is 5.44. The Labute approximate surface area is 75.9 Å². The Balaban J connectivity index is 2.30. The van der Waals surface area contributed by atoms with Crippen LogP contribution in [-0.4, -0.2) is 35.4 Å². The van der Waals surface area contributed by atoms with Crippen molar-refractivity contribution in [2.45, 2.75) is 12.0 Å². The predicted molar refractivity (Wildman–Crippen MR) is 47.0 cm³/mol. The summed E-state index contributed by atoms with van der Waals surface area (Å²) >= 11 is 0. The molecular formula is C7H13N5O. The zero-order valence-corrected chi connectivity index (χ0v) is 7.50. The van der Waals surface area contributed by atoms with E-state index in [4.69, 9.17) is 10.5 Å². The van der Waals surface area contributed by atoms with Gasteiger partial charge in [0.1, 0.15) is 11.4 Å². The maximum atomic E-state index is 5.44. The molecule has 13 heavy (non-hydrogen) atoms. The van der Waals surface area contributed by atoms with Crippen molar-refractivity contribution >= 4 is 5.95 Å². The summed E-state index contributed by atoms with van der Waals surface area (Å²) in [7, 11) is 1.88. The second-order valence-corrected chi connectivity index (χ2v) is 3.18. The van der Waals surface area contributed by atoms with Crippen molar-refractivity contribution in [3.8, 4) is 0 Å². The summed E-state index contributed by atoms with van der Waals surface area (Å²) in [5.74, 6) is 1.03. The summed E-state index contributed by atoms with van der Waals surface area (Å²) in [6, 6.07) is 0. The van der Waals surface area contributed by atoms with Crippen molar-refractivity contribution in [1.29, 1.82) is 0 Å². The fourth-order valence-corrected chi connectivity index (χ4v) is 1.56. The Bertz CT molecular complexity index is 291. The second kappa shape index (κ2) is 2.97. The molecule has 1 aromatic rings. The van der Waals surface area contributed by atoms with Gasteiger partial charge >= 0.3 is 0 Å². The normalized spacial score (nSPS) is 28.1. The highest BCUT2D eigenvalue weighted by Gasteiger charge is 2.38. The number of nitrogens with zero attached hydrogens (tertiary/aromatic N) is 2. The summed E-state index contributed by atoms with van der Waals surface area (Å²) in [5, 5.41) is 9.80. The van der Waals surface area contributed by atoms with Crippen LogP contribution in [0.4, 0.5) is 5.95 Å². The molecule has 1 aliphatic heterocycles. The van der Waals surface area contributed by atoms with Crippen molar-refractivity contribution in [3.05, 3.63) is 5.82 Å². The highest BCUT2D eigenvalue weighted by molar-refractivity contribution is 5.18. The fraction of sp³-hybridized carbons (Fsp3) is 0.714. The highest BCUT2D eigenvalue weighted by atomic mass is 16.5. The Hall–Kier alpha value is -1.14. The lowest BCUT2D eigenvalue weighted by molar-refractivity contribution is 0.167. The van der Waals surface area contributed by atoms with Crippen LogP contribution in [0.3, 0.4) is 0 Å². The molecular weight excluding hydrogens is 170 g/mol. The van der Waals surface area contributed by atoms with E-state index in [1.165, 1.54) is 0 Å². The van der Waals surface area contributed by atoms with Gasteiger partial charge < -0.3 is 15.8 Å². The molecule has 72 valence electrons. The monoisotopic (exact) mass is 183 g/mol. The highest BCUT2D eigenvalue weighted by Crippen LogP contribution is 2.27. The van der Waals surface area contributed by atoms with E-state index in [9.17, 15) is 0 Å². The molecule has 6 heteroatoms. The van der Waals surface area contributed by atoms with Gasteiger partial charge in [0.25, 0.3) is 0 Å². The predicted octanol–water partition coefficient (Wildman–Crippen LogP) is -0.778. The number of nitrogens with two attached hydrogens (primary N) is 1. The van der Waals surface area contributed by atoms with Crippen molar-refractivity contribution in [2.24, 2.45) is 0 Å². The van der Waals surface area contributed by atoms with Gasteiger partial charge in [-0.05, 0) is 13.5 Å². The molecule has 1 fully saturated rings. The average Bonchev–Trinajstić information content (AvgIpc) is 2.73. The minimum absolute atomic E-state index is 0.232. The average molecular weight is 183 g/mol. The molecule has 2 rings (SSSR count). The summed E-state index contributed by atoms with van der Waals surface area (Å²) in [5.41, 5.74) is 5.21. The van der Waals surface area contributed by atoms with Crippen LogP contribution >= 0.6 is 0 Å². The first-order valence-corrected chi connectivity index (χ1v) is 4.22. The molecule has 0 amide bonds. The Kier molecular flexibility index (Phi) is 1.93. The van der Waals surface area contributed by atoms with Gasteiger partial charge in [-0.3, -0.25) is 5.10 Å². The molecule has 0 aliphatic carbocycles. The molecule has 0 bridgehead atoms. The van der Waals surface area contributed by atoms with Gasteiger partial charge in [0.15, 0.2) is 0 Å². The number of rotatable bonds is 2. The van der Waals surface area contributed by atoms with Gasteiger partial charge in [0.2, 0.25) is 5.95 Å². The van der Waals surface area contributed by atoms with E-state index in [0.717, 1.165) is 18.9 Å². The van der Waals surface area contributed by atoms with Crippen molar-refractivity contribution in [3.63, 3.8) is 0 Å². The SMILES string of the molecule is CNC1(c2nc(N)n[nH]2)CCOC1. The van der Waals surface area contributed by atoms with Crippen molar-refractivity contribution < 1.29 is 4.74 Å². The van der Waals surface area contributed by atoms with E-state index in [-0.39, 0.29) is 11.5 Å².